The maximum atomic E-state index is 13.0. The Morgan fingerprint density at radius 3 is 2.48 bits per heavy atom. The number of hydrogen-bond donors (Lipinski definition) is 1. The average molecular weight is 291 g/mol. The molecule has 0 spiro atoms. The van der Waals surface area contributed by atoms with Gasteiger partial charge in [0.25, 0.3) is 5.91 Å². The summed E-state index contributed by atoms with van der Waals surface area (Å²) in [6, 6.07) is 4.57. The van der Waals surface area contributed by atoms with Crippen LogP contribution in [-0.4, -0.2) is 34.0 Å². The molecular weight excluding hydrogens is 273 g/mol. The van der Waals surface area contributed by atoms with Gasteiger partial charge in [-0.25, -0.2) is 9.18 Å². The normalized spacial score (nSPS) is 28.2. The number of hydrogen-bond acceptors (Lipinski definition) is 2. The number of nitrogens with zero attached hydrogens (tertiary/aromatic N) is 1. The molecule has 1 heterocycles. The molecule has 1 aromatic carbocycles. The van der Waals surface area contributed by atoms with Crippen LogP contribution in [0.3, 0.4) is 0 Å². The molecule has 1 N–H and O–H groups in total. The maximum Gasteiger partial charge on any atom is 0.326 e. The van der Waals surface area contributed by atoms with E-state index in [1.165, 1.54) is 29.2 Å². The first-order chi connectivity index (χ1) is 10.1. The number of carboxylic acid groups (broad SMARTS) is 1. The number of halogens is 1. The molecule has 1 saturated heterocycles. The van der Waals surface area contributed by atoms with Crippen molar-refractivity contribution >= 4 is 11.9 Å². The van der Waals surface area contributed by atoms with Crippen molar-refractivity contribution in [2.45, 2.75) is 44.2 Å². The lowest BCUT2D eigenvalue weighted by Gasteiger charge is -2.33. The third kappa shape index (κ3) is 2.52. The van der Waals surface area contributed by atoms with Crippen LogP contribution in [0.15, 0.2) is 24.3 Å². The quantitative estimate of drug-likeness (QED) is 0.911. The molecule has 1 aliphatic heterocycles. The van der Waals surface area contributed by atoms with Gasteiger partial charge >= 0.3 is 5.97 Å². The number of fused-ring (bicyclic) bond motifs is 1. The fraction of sp³-hybridized carbons (Fsp3) is 0.500. The van der Waals surface area contributed by atoms with Crippen molar-refractivity contribution in [2.75, 3.05) is 0 Å². The Morgan fingerprint density at radius 2 is 1.81 bits per heavy atom. The number of carboxylic acids is 1. The molecule has 0 radical (unpaired) electrons. The summed E-state index contributed by atoms with van der Waals surface area (Å²) in [4.78, 5) is 25.7. The summed E-state index contributed by atoms with van der Waals surface area (Å²) in [7, 11) is 0. The molecule has 2 fully saturated rings. The Kier molecular flexibility index (Phi) is 3.66. The molecule has 0 bridgehead atoms. The molecule has 4 nitrogen and oxygen atoms in total. The summed E-state index contributed by atoms with van der Waals surface area (Å²) in [5.41, 5.74) is 0.355. The van der Waals surface area contributed by atoms with Gasteiger partial charge in [-0.1, -0.05) is 12.8 Å². The molecule has 1 amide bonds. The van der Waals surface area contributed by atoms with Gasteiger partial charge in [-0.15, -0.1) is 0 Å². The lowest BCUT2D eigenvalue weighted by Crippen LogP contribution is -2.46. The average Bonchev–Trinajstić information content (AvgIpc) is 2.87. The topological polar surface area (TPSA) is 57.6 Å². The van der Waals surface area contributed by atoms with E-state index in [0.29, 0.717) is 12.0 Å². The standard InChI is InChI=1S/C16H18FNO3/c17-12-7-5-10(6-8-12)15(19)18-13-4-2-1-3-11(13)9-14(18)16(20)21/h5-8,11,13-14H,1-4,9H2,(H,20,21)/t11-,13-,14+/m1/s1. The summed E-state index contributed by atoms with van der Waals surface area (Å²) in [5.74, 6) is -1.36. The third-order valence-electron chi connectivity index (χ3n) is 4.70. The highest BCUT2D eigenvalue weighted by atomic mass is 19.1. The van der Waals surface area contributed by atoms with Crippen LogP contribution in [0.2, 0.25) is 0 Å². The van der Waals surface area contributed by atoms with E-state index in [-0.39, 0.29) is 17.9 Å². The van der Waals surface area contributed by atoms with Crippen LogP contribution in [-0.2, 0) is 4.79 Å². The summed E-state index contributed by atoms with van der Waals surface area (Å²) in [5, 5.41) is 9.42. The van der Waals surface area contributed by atoms with E-state index in [0.717, 1.165) is 25.7 Å². The zero-order valence-corrected chi connectivity index (χ0v) is 11.7. The lowest BCUT2D eigenvalue weighted by molar-refractivity contribution is -0.141. The van der Waals surface area contributed by atoms with Crippen molar-refractivity contribution in [1.29, 1.82) is 0 Å². The Balaban J connectivity index is 1.90. The first-order valence-corrected chi connectivity index (χ1v) is 7.39. The van der Waals surface area contributed by atoms with Crippen molar-refractivity contribution in [3.63, 3.8) is 0 Å². The predicted octanol–water partition coefficient (Wildman–Crippen LogP) is 2.68. The molecule has 112 valence electrons. The number of likely N-dealkylation sites (tertiary alicyclic amines) is 1. The summed E-state index contributed by atoms with van der Waals surface area (Å²) in [6.07, 6.45) is 4.52. The fourth-order valence-electron chi connectivity index (χ4n) is 3.71. The molecule has 3 atom stereocenters. The minimum absolute atomic E-state index is 0.0115. The summed E-state index contributed by atoms with van der Waals surface area (Å²) >= 11 is 0. The van der Waals surface area contributed by atoms with Gasteiger partial charge in [-0.2, -0.15) is 0 Å². The number of carbonyl (C=O) groups is 2. The summed E-state index contributed by atoms with van der Waals surface area (Å²) in [6.45, 7) is 0. The van der Waals surface area contributed by atoms with Crippen molar-refractivity contribution < 1.29 is 19.1 Å². The highest BCUT2D eigenvalue weighted by molar-refractivity contribution is 5.97. The zero-order chi connectivity index (χ0) is 15.0. The third-order valence-corrected chi connectivity index (χ3v) is 4.70. The van der Waals surface area contributed by atoms with E-state index < -0.39 is 17.8 Å². The first-order valence-electron chi connectivity index (χ1n) is 7.39. The molecule has 0 aromatic heterocycles. The Bertz CT molecular complexity index is 557. The molecule has 1 saturated carbocycles. The largest absolute Gasteiger partial charge is 0.480 e. The van der Waals surface area contributed by atoms with E-state index in [1.54, 1.807) is 0 Å². The van der Waals surface area contributed by atoms with Crippen molar-refractivity contribution in [1.82, 2.24) is 4.90 Å². The Hall–Kier alpha value is -1.91. The van der Waals surface area contributed by atoms with Crippen LogP contribution in [0.1, 0.15) is 42.5 Å². The molecule has 3 rings (SSSR count). The van der Waals surface area contributed by atoms with E-state index >= 15 is 0 Å². The molecule has 5 heteroatoms. The maximum absolute atomic E-state index is 13.0. The van der Waals surface area contributed by atoms with Gasteiger partial charge in [0.2, 0.25) is 0 Å². The monoisotopic (exact) mass is 291 g/mol. The smallest absolute Gasteiger partial charge is 0.326 e. The Morgan fingerprint density at radius 1 is 1.14 bits per heavy atom. The van der Waals surface area contributed by atoms with Crippen molar-refractivity contribution in [3.8, 4) is 0 Å². The van der Waals surface area contributed by atoms with Crippen LogP contribution in [0.25, 0.3) is 0 Å². The van der Waals surface area contributed by atoms with Crippen LogP contribution >= 0.6 is 0 Å². The van der Waals surface area contributed by atoms with Crippen LogP contribution in [0.4, 0.5) is 4.39 Å². The number of amides is 1. The van der Waals surface area contributed by atoms with E-state index in [2.05, 4.69) is 0 Å². The highest BCUT2D eigenvalue weighted by Gasteiger charge is 2.47. The molecular formula is C16H18FNO3. The molecule has 2 aliphatic rings. The van der Waals surface area contributed by atoms with Gasteiger partial charge < -0.3 is 10.0 Å². The van der Waals surface area contributed by atoms with Crippen molar-refractivity contribution in [3.05, 3.63) is 35.6 Å². The number of carbonyl (C=O) groups excluding carboxylic acids is 1. The van der Waals surface area contributed by atoms with Gasteiger partial charge in [-0.3, -0.25) is 4.79 Å². The minimum atomic E-state index is -0.945. The second-order valence-electron chi connectivity index (χ2n) is 5.92. The van der Waals surface area contributed by atoms with Gasteiger partial charge in [-0.05, 0) is 49.4 Å². The number of benzene rings is 1. The van der Waals surface area contributed by atoms with E-state index in [1.807, 2.05) is 0 Å². The molecule has 0 unspecified atom stereocenters. The van der Waals surface area contributed by atoms with E-state index in [4.69, 9.17) is 0 Å². The fourth-order valence-corrected chi connectivity index (χ4v) is 3.71. The van der Waals surface area contributed by atoms with Gasteiger partial charge in [0.15, 0.2) is 0 Å². The Labute approximate surface area is 122 Å². The second kappa shape index (κ2) is 5.47. The zero-order valence-electron chi connectivity index (χ0n) is 11.7. The number of rotatable bonds is 2. The number of aliphatic carboxylic acids is 1. The SMILES string of the molecule is O=C(O)[C@@H]1C[C@H]2CCCC[C@H]2N1C(=O)c1ccc(F)cc1. The van der Waals surface area contributed by atoms with Crippen LogP contribution < -0.4 is 0 Å². The highest BCUT2D eigenvalue weighted by Crippen LogP contribution is 2.40. The van der Waals surface area contributed by atoms with Crippen LogP contribution in [0.5, 0.6) is 0 Å². The molecule has 1 aliphatic carbocycles. The van der Waals surface area contributed by atoms with Gasteiger partial charge in [0.1, 0.15) is 11.9 Å². The van der Waals surface area contributed by atoms with Gasteiger partial charge in [0, 0.05) is 11.6 Å². The lowest BCUT2D eigenvalue weighted by atomic mass is 9.84. The van der Waals surface area contributed by atoms with E-state index in [9.17, 15) is 19.1 Å². The van der Waals surface area contributed by atoms with Crippen molar-refractivity contribution in [2.24, 2.45) is 5.92 Å². The van der Waals surface area contributed by atoms with Crippen LogP contribution in [0, 0.1) is 11.7 Å². The van der Waals surface area contributed by atoms with Gasteiger partial charge in [0.05, 0.1) is 0 Å². The predicted molar refractivity (Wildman–Crippen MR) is 74.4 cm³/mol. The minimum Gasteiger partial charge on any atom is -0.480 e. The molecule has 21 heavy (non-hydrogen) atoms. The second-order valence-corrected chi connectivity index (χ2v) is 5.92. The summed E-state index contributed by atoms with van der Waals surface area (Å²) < 4.78 is 13.0. The molecule has 1 aromatic rings. The first kappa shape index (κ1) is 14.0.